The molecular weight excluding hydrogens is 198 g/mol. The van der Waals surface area contributed by atoms with Crippen molar-refractivity contribution in [2.45, 2.75) is 78.0 Å². The molecular formula is C14H29NO. The third-order valence-corrected chi connectivity index (χ3v) is 3.54. The molecule has 1 N–H and O–H groups in total. The van der Waals surface area contributed by atoms with Gasteiger partial charge in [0, 0.05) is 6.04 Å². The van der Waals surface area contributed by atoms with E-state index in [1.165, 1.54) is 25.7 Å². The van der Waals surface area contributed by atoms with E-state index in [9.17, 15) is 0 Å². The van der Waals surface area contributed by atoms with Gasteiger partial charge in [0.1, 0.15) is 0 Å². The number of rotatable bonds is 6. The molecule has 0 bridgehead atoms. The van der Waals surface area contributed by atoms with Crippen LogP contribution in [0.3, 0.4) is 0 Å². The topological polar surface area (TPSA) is 21.3 Å². The fourth-order valence-electron chi connectivity index (χ4n) is 2.41. The van der Waals surface area contributed by atoms with Gasteiger partial charge in [-0.25, -0.2) is 0 Å². The molecule has 0 saturated carbocycles. The summed E-state index contributed by atoms with van der Waals surface area (Å²) >= 11 is 0. The minimum absolute atomic E-state index is 0.119. The molecule has 0 aromatic carbocycles. The zero-order chi connectivity index (χ0) is 12.2. The van der Waals surface area contributed by atoms with Gasteiger partial charge in [-0.15, -0.1) is 0 Å². The molecule has 2 unspecified atom stereocenters. The summed E-state index contributed by atoms with van der Waals surface area (Å²) in [6.07, 6.45) is 5.42. The Kier molecular flexibility index (Phi) is 5.26. The van der Waals surface area contributed by atoms with Gasteiger partial charge >= 0.3 is 0 Å². The zero-order valence-electron chi connectivity index (χ0n) is 11.7. The molecule has 2 nitrogen and oxygen atoms in total. The van der Waals surface area contributed by atoms with Crippen molar-refractivity contribution in [2.24, 2.45) is 5.92 Å². The maximum atomic E-state index is 6.06. The summed E-state index contributed by atoms with van der Waals surface area (Å²) in [7, 11) is 0. The predicted molar refractivity (Wildman–Crippen MR) is 69.7 cm³/mol. The molecule has 1 rings (SSSR count). The van der Waals surface area contributed by atoms with Crippen LogP contribution in [0.15, 0.2) is 0 Å². The molecule has 1 fully saturated rings. The van der Waals surface area contributed by atoms with Crippen LogP contribution < -0.4 is 5.32 Å². The van der Waals surface area contributed by atoms with Crippen molar-refractivity contribution in [3.63, 3.8) is 0 Å². The van der Waals surface area contributed by atoms with Crippen LogP contribution in [0.25, 0.3) is 0 Å². The molecule has 1 aliphatic rings. The summed E-state index contributed by atoms with van der Waals surface area (Å²) in [6, 6.07) is 0.593. The molecule has 2 atom stereocenters. The molecule has 1 aliphatic heterocycles. The van der Waals surface area contributed by atoms with Crippen molar-refractivity contribution in [1.29, 1.82) is 0 Å². The first kappa shape index (κ1) is 14.0. The lowest BCUT2D eigenvalue weighted by molar-refractivity contribution is -0.0247. The first-order valence-corrected chi connectivity index (χ1v) is 6.84. The van der Waals surface area contributed by atoms with E-state index in [0.717, 1.165) is 12.5 Å². The lowest BCUT2D eigenvalue weighted by atomic mass is 9.96. The van der Waals surface area contributed by atoms with Gasteiger partial charge in [-0.3, -0.25) is 0 Å². The Bertz CT molecular complexity index is 201. The first-order valence-electron chi connectivity index (χ1n) is 6.84. The van der Waals surface area contributed by atoms with Crippen molar-refractivity contribution >= 4 is 0 Å². The molecule has 16 heavy (non-hydrogen) atoms. The maximum absolute atomic E-state index is 6.06. The molecule has 0 aromatic rings. The van der Waals surface area contributed by atoms with Crippen LogP contribution in [0.1, 0.15) is 60.3 Å². The summed E-state index contributed by atoms with van der Waals surface area (Å²) in [5.74, 6) is 0.765. The van der Waals surface area contributed by atoms with E-state index in [1.54, 1.807) is 0 Å². The summed E-state index contributed by atoms with van der Waals surface area (Å²) in [6.45, 7) is 12.3. The third-order valence-electron chi connectivity index (χ3n) is 3.54. The summed E-state index contributed by atoms with van der Waals surface area (Å²) in [5, 5.41) is 3.54. The highest BCUT2D eigenvalue weighted by molar-refractivity contribution is 4.82. The number of nitrogens with one attached hydrogen (secondary N) is 1. The SMILES string of the molecule is CCC(CNC(C)C)CC1CCC(C)(C)O1. The molecule has 96 valence electrons. The van der Waals surface area contributed by atoms with Gasteiger partial charge in [-0.05, 0) is 45.6 Å². The lowest BCUT2D eigenvalue weighted by Gasteiger charge is -2.23. The largest absolute Gasteiger partial charge is 0.372 e. The number of ether oxygens (including phenoxy) is 1. The van der Waals surface area contributed by atoms with Crippen molar-refractivity contribution in [2.75, 3.05) is 6.54 Å². The highest BCUT2D eigenvalue weighted by atomic mass is 16.5. The first-order chi connectivity index (χ1) is 7.43. The van der Waals surface area contributed by atoms with Crippen LogP contribution in [0.2, 0.25) is 0 Å². The van der Waals surface area contributed by atoms with Crippen LogP contribution in [0.4, 0.5) is 0 Å². The second-order valence-corrected chi connectivity index (χ2v) is 6.11. The smallest absolute Gasteiger partial charge is 0.0631 e. The van der Waals surface area contributed by atoms with Gasteiger partial charge in [0.05, 0.1) is 11.7 Å². The van der Waals surface area contributed by atoms with Crippen LogP contribution >= 0.6 is 0 Å². The molecule has 0 radical (unpaired) electrons. The van der Waals surface area contributed by atoms with Gasteiger partial charge in [-0.1, -0.05) is 27.2 Å². The zero-order valence-corrected chi connectivity index (χ0v) is 11.7. The van der Waals surface area contributed by atoms with Crippen molar-refractivity contribution in [3.05, 3.63) is 0 Å². The normalized spacial score (nSPS) is 26.2. The molecule has 0 amide bonds. The highest BCUT2D eigenvalue weighted by Crippen LogP contribution is 2.32. The van der Waals surface area contributed by atoms with Gasteiger partial charge in [0.15, 0.2) is 0 Å². The van der Waals surface area contributed by atoms with E-state index in [2.05, 4.69) is 39.9 Å². The van der Waals surface area contributed by atoms with E-state index < -0.39 is 0 Å². The van der Waals surface area contributed by atoms with Crippen LogP contribution in [0, 0.1) is 5.92 Å². The summed E-state index contributed by atoms with van der Waals surface area (Å²) in [5.41, 5.74) is 0.119. The molecule has 0 aromatic heterocycles. The Labute approximate surface area is 101 Å². The summed E-state index contributed by atoms with van der Waals surface area (Å²) < 4.78 is 6.06. The van der Waals surface area contributed by atoms with E-state index in [0.29, 0.717) is 12.1 Å². The molecule has 0 spiro atoms. The van der Waals surface area contributed by atoms with Crippen LogP contribution in [-0.4, -0.2) is 24.3 Å². The quantitative estimate of drug-likeness (QED) is 0.751. The average Bonchev–Trinajstić information content (AvgIpc) is 2.52. The highest BCUT2D eigenvalue weighted by Gasteiger charge is 2.32. The molecule has 1 saturated heterocycles. The Balaban J connectivity index is 2.28. The van der Waals surface area contributed by atoms with E-state index in [4.69, 9.17) is 4.74 Å². The fraction of sp³-hybridized carbons (Fsp3) is 1.00. The number of hydrogen-bond donors (Lipinski definition) is 1. The Hall–Kier alpha value is -0.0800. The Morgan fingerprint density at radius 1 is 1.38 bits per heavy atom. The van der Waals surface area contributed by atoms with Crippen LogP contribution in [-0.2, 0) is 4.74 Å². The second-order valence-electron chi connectivity index (χ2n) is 6.11. The van der Waals surface area contributed by atoms with E-state index in [-0.39, 0.29) is 5.60 Å². The second kappa shape index (κ2) is 6.02. The molecule has 1 heterocycles. The average molecular weight is 227 g/mol. The minimum Gasteiger partial charge on any atom is -0.372 e. The van der Waals surface area contributed by atoms with E-state index in [1.807, 2.05) is 0 Å². The van der Waals surface area contributed by atoms with Crippen molar-refractivity contribution in [3.8, 4) is 0 Å². The van der Waals surface area contributed by atoms with Gasteiger partial charge < -0.3 is 10.1 Å². The van der Waals surface area contributed by atoms with E-state index >= 15 is 0 Å². The van der Waals surface area contributed by atoms with Gasteiger partial charge in [-0.2, -0.15) is 0 Å². The summed E-state index contributed by atoms with van der Waals surface area (Å²) in [4.78, 5) is 0. The van der Waals surface area contributed by atoms with Crippen molar-refractivity contribution in [1.82, 2.24) is 5.32 Å². The standard InChI is InChI=1S/C14H29NO/c1-6-12(10-15-11(2)3)9-13-7-8-14(4,5)16-13/h11-13,15H,6-10H2,1-5H3. The van der Waals surface area contributed by atoms with Crippen molar-refractivity contribution < 1.29 is 4.74 Å². The number of hydrogen-bond acceptors (Lipinski definition) is 2. The Morgan fingerprint density at radius 3 is 2.50 bits per heavy atom. The molecule has 0 aliphatic carbocycles. The lowest BCUT2D eigenvalue weighted by Crippen LogP contribution is -2.31. The molecule has 2 heteroatoms. The maximum Gasteiger partial charge on any atom is 0.0631 e. The van der Waals surface area contributed by atoms with Gasteiger partial charge in [0.2, 0.25) is 0 Å². The van der Waals surface area contributed by atoms with Crippen LogP contribution in [0.5, 0.6) is 0 Å². The monoisotopic (exact) mass is 227 g/mol. The van der Waals surface area contributed by atoms with Gasteiger partial charge in [0.25, 0.3) is 0 Å². The third kappa shape index (κ3) is 4.84. The Morgan fingerprint density at radius 2 is 2.06 bits per heavy atom. The minimum atomic E-state index is 0.119. The predicted octanol–water partition coefficient (Wildman–Crippen LogP) is 3.36. The fourth-order valence-corrected chi connectivity index (χ4v) is 2.41.